The lowest BCUT2D eigenvalue weighted by atomic mass is 10.1. The van der Waals surface area contributed by atoms with E-state index in [-0.39, 0.29) is 10.7 Å². The Kier molecular flexibility index (Phi) is 4.46. The molecule has 1 aromatic heterocycles. The number of hydrogen-bond donors (Lipinski definition) is 1. The summed E-state index contributed by atoms with van der Waals surface area (Å²) in [5.41, 5.74) is 1.81. The summed E-state index contributed by atoms with van der Waals surface area (Å²) in [6.07, 6.45) is -4.55. The summed E-state index contributed by atoms with van der Waals surface area (Å²) in [5.74, 6) is -1.52. The molecule has 2 rings (SSSR count). The van der Waals surface area contributed by atoms with Crippen LogP contribution in [0.2, 0.25) is 5.02 Å². The molecular formula is C14H12ClF3N2O2. The van der Waals surface area contributed by atoms with Crippen LogP contribution in [0.25, 0.3) is 11.3 Å². The molecule has 118 valence electrons. The van der Waals surface area contributed by atoms with Crippen LogP contribution >= 0.6 is 11.6 Å². The topological polar surface area (TPSA) is 55.1 Å². The van der Waals surface area contributed by atoms with E-state index in [1.165, 1.54) is 0 Å². The van der Waals surface area contributed by atoms with Gasteiger partial charge in [-0.1, -0.05) is 46.6 Å². The van der Waals surface area contributed by atoms with Gasteiger partial charge in [-0.2, -0.15) is 13.2 Å². The summed E-state index contributed by atoms with van der Waals surface area (Å²) < 4.78 is 42.1. The number of alkyl halides is 3. The standard InChI is InChI=1S/C14H12ClF3N2O2/c1-7-3-5-9(6-4-7)11-10(15)12(22-20-11)13(21)19-8(2)14(16,17)18/h3-6,8H,1-2H3,(H,19,21)/t8-/m0/s1. The Morgan fingerprint density at radius 2 is 1.91 bits per heavy atom. The van der Waals surface area contributed by atoms with Gasteiger partial charge in [0.15, 0.2) is 0 Å². The highest BCUT2D eigenvalue weighted by molar-refractivity contribution is 6.35. The van der Waals surface area contributed by atoms with Gasteiger partial charge in [-0.25, -0.2) is 0 Å². The van der Waals surface area contributed by atoms with Crippen LogP contribution in [-0.2, 0) is 0 Å². The molecule has 1 heterocycles. The fourth-order valence-electron chi connectivity index (χ4n) is 1.65. The van der Waals surface area contributed by atoms with Crippen LogP contribution in [-0.4, -0.2) is 23.3 Å². The Morgan fingerprint density at radius 1 is 1.32 bits per heavy atom. The summed E-state index contributed by atoms with van der Waals surface area (Å²) >= 11 is 5.99. The fourth-order valence-corrected chi connectivity index (χ4v) is 1.92. The van der Waals surface area contributed by atoms with Crippen LogP contribution < -0.4 is 5.32 Å². The molecule has 0 fully saturated rings. The zero-order valence-corrected chi connectivity index (χ0v) is 12.4. The van der Waals surface area contributed by atoms with Crippen LogP contribution in [0, 0.1) is 6.92 Å². The van der Waals surface area contributed by atoms with Gasteiger partial charge >= 0.3 is 6.18 Å². The lowest BCUT2D eigenvalue weighted by Gasteiger charge is -2.15. The second-order valence-electron chi connectivity index (χ2n) is 4.78. The molecule has 1 atom stereocenters. The molecule has 8 heteroatoms. The van der Waals surface area contributed by atoms with Gasteiger partial charge in [-0.3, -0.25) is 4.79 Å². The second-order valence-corrected chi connectivity index (χ2v) is 5.16. The number of carbonyl (C=O) groups excluding carboxylic acids is 1. The summed E-state index contributed by atoms with van der Waals surface area (Å²) in [7, 11) is 0. The summed E-state index contributed by atoms with van der Waals surface area (Å²) in [5, 5.41) is 5.30. The number of nitrogens with one attached hydrogen (secondary N) is 1. The van der Waals surface area contributed by atoms with Crippen molar-refractivity contribution in [3.05, 3.63) is 40.6 Å². The zero-order valence-electron chi connectivity index (χ0n) is 11.7. The Bertz CT molecular complexity index is 680. The summed E-state index contributed by atoms with van der Waals surface area (Å²) in [6.45, 7) is 2.72. The first-order valence-corrected chi connectivity index (χ1v) is 6.67. The number of amides is 1. The monoisotopic (exact) mass is 332 g/mol. The zero-order chi connectivity index (χ0) is 16.5. The van der Waals surface area contributed by atoms with Crippen LogP contribution in [0.15, 0.2) is 28.8 Å². The maximum atomic E-state index is 12.4. The number of halogens is 4. The number of benzene rings is 1. The maximum Gasteiger partial charge on any atom is 0.408 e. The lowest BCUT2D eigenvalue weighted by Crippen LogP contribution is -2.43. The average Bonchev–Trinajstić information content (AvgIpc) is 2.80. The van der Waals surface area contributed by atoms with E-state index in [4.69, 9.17) is 16.1 Å². The highest BCUT2D eigenvalue weighted by atomic mass is 35.5. The predicted molar refractivity (Wildman–Crippen MR) is 74.7 cm³/mol. The van der Waals surface area contributed by atoms with E-state index in [1.54, 1.807) is 17.4 Å². The lowest BCUT2D eigenvalue weighted by molar-refractivity contribution is -0.149. The van der Waals surface area contributed by atoms with Gasteiger partial charge in [0.1, 0.15) is 16.8 Å². The van der Waals surface area contributed by atoms with Gasteiger partial charge in [0.2, 0.25) is 5.76 Å². The normalized spacial score (nSPS) is 13.0. The largest absolute Gasteiger partial charge is 0.408 e. The smallest absolute Gasteiger partial charge is 0.349 e. The Labute approximate surface area is 129 Å². The van der Waals surface area contributed by atoms with E-state index in [0.29, 0.717) is 5.56 Å². The molecule has 0 saturated heterocycles. The van der Waals surface area contributed by atoms with E-state index in [0.717, 1.165) is 12.5 Å². The van der Waals surface area contributed by atoms with Crippen molar-refractivity contribution in [1.29, 1.82) is 0 Å². The van der Waals surface area contributed by atoms with Crippen LogP contribution in [0.3, 0.4) is 0 Å². The molecule has 0 aliphatic heterocycles. The number of hydrogen-bond acceptors (Lipinski definition) is 3. The molecule has 0 aliphatic carbocycles. The first-order valence-electron chi connectivity index (χ1n) is 6.30. The minimum absolute atomic E-state index is 0.129. The summed E-state index contributed by atoms with van der Waals surface area (Å²) in [4.78, 5) is 11.8. The molecule has 4 nitrogen and oxygen atoms in total. The Morgan fingerprint density at radius 3 is 2.45 bits per heavy atom. The number of nitrogens with zero attached hydrogens (tertiary/aromatic N) is 1. The number of rotatable bonds is 3. The first kappa shape index (κ1) is 16.4. The number of aryl methyl sites for hydroxylation is 1. The van der Waals surface area contributed by atoms with E-state index in [2.05, 4.69) is 5.16 Å². The van der Waals surface area contributed by atoms with Crippen molar-refractivity contribution in [2.45, 2.75) is 26.1 Å². The van der Waals surface area contributed by atoms with E-state index in [1.807, 2.05) is 19.1 Å². The van der Waals surface area contributed by atoms with Gasteiger partial charge in [-0.15, -0.1) is 0 Å². The number of aromatic nitrogens is 1. The minimum atomic E-state index is -4.55. The molecule has 0 aliphatic rings. The average molecular weight is 333 g/mol. The predicted octanol–water partition coefficient (Wildman–Crippen LogP) is 3.98. The highest BCUT2D eigenvalue weighted by Gasteiger charge is 2.38. The van der Waals surface area contributed by atoms with Crippen LogP contribution in [0.5, 0.6) is 0 Å². The third-order valence-electron chi connectivity index (χ3n) is 3.01. The molecular weight excluding hydrogens is 321 g/mol. The Balaban J connectivity index is 2.24. The van der Waals surface area contributed by atoms with Crippen molar-refractivity contribution in [2.75, 3.05) is 0 Å². The molecule has 22 heavy (non-hydrogen) atoms. The van der Waals surface area contributed by atoms with Crippen molar-refractivity contribution in [3.8, 4) is 11.3 Å². The second kappa shape index (κ2) is 6.00. The molecule has 0 bridgehead atoms. The number of carbonyl (C=O) groups is 1. The van der Waals surface area contributed by atoms with Gasteiger partial charge in [0, 0.05) is 5.56 Å². The van der Waals surface area contributed by atoms with Gasteiger partial charge in [0.05, 0.1) is 0 Å². The molecule has 2 aromatic rings. The van der Waals surface area contributed by atoms with E-state index < -0.39 is 23.9 Å². The molecule has 0 unspecified atom stereocenters. The van der Waals surface area contributed by atoms with Crippen LogP contribution in [0.4, 0.5) is 13.2 Å². The molecule has 1 amide bonds. The van der Waals surface area contributed by atoms with Crippen LogP contribution in [0.1, 0.15) is 23.0 Å². The highest BCUT2D eigenvalue weighted by Crippen LogP contribution is 2.30. The van der Waals surface area contributed by atoms with Crippen molar-refractivity contribution in [1.82, 2.24) is 10.5 Å². The van der Waals surface area contributed by atoms with Gasteiger partial charge in [0.25, 0.3) is 5.91 Å². The van der Waals surface area contributed by atoms with Crippen molar-refractivity contribution >= 4 is 17.5 Å². The van der Waals surface area contributed by atoms with Crippen molar-refractivity contribution in [3.63, 3.8) is 0 Å². The van der Waals surface area contributed by atoms with E-state index >= 15 is 0 Å². The quantitative estimate of drug-likeness (QED) is 0.924. The third-order valence-corrected chi connectivity index (χ3v) is 3.36. The molecule has 1 aromatic carbocycles. The van der Waals surface area contributed by atoms with Crippen molar-refractivity contribution in [2.24, 2.45) is 0 Å². The molecule has 1 N–H and O–H groups in total. The SMILES string of the molecule is Cc1ccc(-c2noc(C(=O)N[C@@H](C)C(F)(F)F)c2Cl)cc1. The molecule has 0 radical (unpaired) electrons. The fraction of sp³-hybridized carbons (Fsp3) is 0.286. The van der Waals surface area contributed by atoms with Gasteiger partial charge < -0.3 is 9.84 Å². The van der Waals surface area contributed by atoms with Crippen molar-refractivity contribution < 1.29 is 22.5 Å². The van der Waals surface area contributed by atoms with Gasteiger partial charge in [-0.05, 0) is 13.8 Å². The first-order chi connectivity index (χ1) is 10.2. The van der Waals surface area contributed by atoms with E-state index in [9.17, 15) is 18.0 Å². The minimum Gasteiger partial charge on any atom is -0.349 e. The molecule has 0 saturated carbocycles. The summed E-state index contributed by atoms with van der Waals surface area (Å²) in [6, 6.07) is 5.04. The molecule has 0 spiro atoms. The Hall–Kier alpha value is -2.02. The maximum absolute atomic E-state index is 12.4. The third kappa shape index (κ3) is 3.41.